The number of amides is 2. The van der Waals surface area contributed by atoms with Gasteiger partial charge in [-0.2, -0.15) is 5.26 Å². The summed E-state index contributed by atoms with van der Waals surface area (Å²) >= 11 is 0. The van der Waals surface area contributed by atoms with E-state index in [9.17, 15) is 14.0 Å². The fourth-order valence-corrected chi connectivity index (χ4v) is 3.23. The number of nitrogens with one attached hydrogen (secondary N) is 1. The summed E-state index contributed by atoms with van der Waals surface area (Å²) in [6.07, 6.45) is 1.52. The van der Waals surface area contributed by atoms with Gasteiger partial charge in [0.25, 0.3) is 5.91 Å². The van der Waals surface area contributed by atoms with E-state index in [0.717, 1.165) is 5.56 Å². The van der Waals surface area contributed by atoms with Crippen LogP contribution in [0.3, 0.4) is 0 Å². The number of fused-ring (bicyclic) bond motifs is 1. The number of alkyl halides is 1. The number of rotatable bonds is 3. The molecule has 0 radical (unpaired) electrons. The zero-order chi connectivity index (χ0) is 18.9. The minimum atomic E-state index is -1.58. The number of aryl methyl sites for hydroxylation is 1. The lowest BCUT2D eigenvalue weighted by atomic mass is 10.1. The molecule has 1 aliphatic heterocycles. The van der Waals surface area contributed by atoms with Gasteiger partial charge in [-0.3, -0.25) is 14.6 Å². The van der Waals surface area contributed by atoms with Gasteiger partial charge in [0.05, 0.1) is 30.2 Å². The Morgan fingerprint density at radius 1 is 1.46 bits per heavy atom. The summed E-state index contributed by atoms with van der Waals surface area (Å²) in [6, 6.07) is 8.33. The van der Waals surface area contributed by atoms with Gasteiger partial charge in [-0.05, 0) is 32.0 Å². The zero-order valence-electron chi connectivity index (χ0n) is 14.6. The summed E-state index contributed by atoms with van der Waals surface area (Å²) in [7, 11) is 0. The number of hydrogen-bond donors (Lipinski definition) is 1. The topological polar surface area (TPSA) is 86.1 Å². The van der Waals surface area contributed by atoms with Crippen LogP contribution in [-0.2, 0) is 4.79 Å². The van der Waals surface area contributed by atoms with Crippen molar-refractivity contribution in [3.8, 4) is 6.07 Å². The van der Waals surface area contributed by atoms with Gasteiger partial charge in [0.2, 0.25) is 5.91 Å². The first-order chi connectivity index (χ1) is 12.3. The minimum absolute atomic E-state index is 0.0164. The molecule has 2 aromatic rings. The van der Waals surface area contributed by atoms with Crippen LogP contribution < -0.4 is 5.32 Å². The van der Waals surface area contributed by atoms with Crippen LogP contribution in [0, 0.1) is 18.3 Å². The number of hydrogen-bond acceptors (Lipinski definition) is 4. The molecule has 134 valence electrons. The van der Waals surface area contributed by atoms with Crippen LogP contribution in [0.25, 0.3) is 10.9 Å². The molecule has 0 aliphatic carbocycles. The largest absolute Gasteiger partial charge is 0.343 e. The highest BCUT2D eigenvalue weighted by atomic mass is 19.1. The maximum Gasteiger partial charge on any atom is 0.252 e. The van der Waals surface area contributed by atoms with Crippen LogP contribution in [0.1, 0.15) is 29.3 Å². The Kier molecular flexibility index (Phi) is 4.60. The molecular formula is C19H19FN4O2. The molecule has 3 rings (SSSR count). The molecule has 2 heterocycles. The molecule has 1 N–H and O–H groups in total. The monoisotopic (exact) mass is 354 g/mol. The molecular weight excluding hydrogens is 335 g/mol. The lowest BCUT2D eigenvalue weighted by Crippen LogP contribution is -2.43. The molecule has 0 saturated carbocycles. The third-order valence-electron chi connectivity index (χ3n) is 4.51. The highest BCUT2D eigenvalue weighted by molar-refractivity contribution is 6.07. The van der Waals surface area contributed by atoms with Crippen LogP contribution in [0.2, 0.25) is 0 Å². The molecule has 2 amide bonds. The normalized spacial score (nSPS) is 22.2. The molecule has 2 atom stereocenters. The van der Waals surface area contributed by atoms with Gasteiger partial charge < -0.3 is 10.2 Å². The van der Waals surface area contributed by atoms with Crippen LogP contribution in [0.5, 0.6) is 0 Å². The van der Waals surface area contributed by atoms with Gasteiger partial charge in [-0.25, -0.2) is 4.39 Å². The molecule has 0 bridgehead atoms. The molecule has 1 fully saturated rings. The van der Waals surface area contributed by atoms with Gasteiger partial charge in [0.1, 0.15) is 11.7 Å². The summed E-state index contributed by atoms with van der Waals surface area (Å²) in [5.41, 5.74) is 0.512. The fourth-order valence-electron chi connectivity index (χ4n) is 3.23. The predicted molar refractivity (Wildman–Crippen MR) is 94.1 cm³/mol. The van der Waals surface area contributed by atoms with Gasteiger partial charge in [-0.15, -0.1) is 0 Å². The first-order valence-electron chi connectivity index (χ1n) is 8.32. The number of carbonyl (C=O) groups excluding carboxylic acids is 2. The lowest BCUT2D eigenvalue weighted by Gasteiger charge is -2.20. The van der Waals surface area contributed by atoms with Crippen molar-refractivity contribution in [3.63, 3.8) is 0 Å². The Morgan fingerprint density at radius 2 is 2.23 bits per heavy atom. The van der Waals surface area contributed by atoms with Crippen molar-refractivity contribution in [2.75, 3.05) is 13.1 Å². The summed E-state index contributed by atoms with van der Waals surface area (Å²) in [6.45, 7) is 2.86. The number of aromatic nitrogens is 1. The highest BCUT2D eigenvalue weighted by Gasteiger charge is 2.43. The number of nitriles is 1. The maximum absolute atomic E-state index is 14.1. The summed E-state index contributed by atoms with van der Waals surface area (Å²) in [4.78, 5) is 30.3. The molecule has 0 spiro atoms. The van der Waals surface area contributed by atoms with Crippen molar-refractivity contribution in [2.45, 2.75) is 32.0 Å². The third kappa shape index (κ3) is 3.49. The van der Waals surface area contributed by atoms with Crippen LogP contribution in [0.4, 0.5) is 4.39 Å². The molecule has 6 nitrogen and oxygen atoms in total. The number of halogens is 1. The fraction of sp³-hybridized carbons (Fsp3) is 0.368. The van der Waals surface area contributed by atoms with E-state index in [1.165, 1.54) is 18.0 Å². The Bertz CT molecular complexity index is 919. The van der Waals surface area contributed by atoms with Crippen molar-refractivity contribution in [2.24, 2.45) is 0 Å². The number of nitrogens with zero attached hydrogens (tertiary/aromatic N) is 3. The Morgan fingerprint density at radius 3 is 2.96 bits per heavy atom. The molecule has 1 saturated heterocycles. The minimum Gasteiger partial charge on any atom is -0.343 e. The number of pyridine rings is 1. The molecule has 1 aliphatic rings. The average Bonchev–Trinajstić information content (AvgIpc) is 2.93. The van der Waals surface area contributed by atoms with Crippen molar-refractivity contribution in [3.05, 3.63) is 41.6 Å². The molecule has 1 aromatic carbocycles. The second-order valence-electron chi connectivity index (χ2n) is 6.85. The molecule has 26 heavy (non-hydrogen) atoms. The van der Waals surface area contributed by atoms with E-state index in [0.29, 0.717) is 16.5 Å². The second-order valence-corrected chi connectivity index (χ2v) is 6.85. The third-order valence-corrected chi connectivity index (χ3v) is 4.51. The van der Waals surface area contributed by atoms with Gasteiger partial charge in [0, 0.05) is 18.0 Å². The van der Waals surface area contributed by atoms with Gasteiger partial charge in [0.15, 0.2) is 0 Å². The molecule has 2 unspecified atom stereocenters. The lowest BCUT2D eigenvalue weighted by molar-refractivity contribution is -0.130. The van der Waals surface area contributed by atoms with Gasteiger partial charge >= 0.3 is 0 Å². The Labute approximate surface area is 150 Å². The van der Waals surface area contributed by atoms with E-state index in [2.05, 4.69) is 10.3 Å². The summed E-state index contributed by atoms with van der Waals surface area (Å²) in [5, 5.41) is 12.4. The van der Waals surface area contributed by atoms with E-state index in [-0.39, 0.29) is 19.5 Å². The van der Waals surface area contributed by atoms with E-state index in [1.807, 2.05) is 31.2 Å². The highest BCUT2D eigenvalue weighted by Crippen LogP contribution is 2.29. The van der Waals surface area contributed by atoms with Crippen LogP contribution >= 0.6 is 0 Å². The first kappa shape index (κ1) is 17.8. The van der Waals surface area contributed by atoms with Crippen LogP contribution in [-0.4, -0.2) is 46.5 Å². The van der Waals surface area contributed by atoms with Crippen molar-refractivity contribution in [1.29, 1.82) is 5.26 Å². The summed E-state index contributed by atoms with van der Waals surface area (Å²) in [5.74, 6) is -0.882. The predicted octanol–water partition coefficient (Wildman–Crippen LogP) is 2.13. The average molecular weight is 354 g/mol. The maximum atomic E-state index is 14.1. The first-order valence-corrected chi connectivity index (χ1v) is 8.32. The SMILES string of the molecule is Cc1ccc2nccc(C(=O)NCC(=O)N3CC(C)(F)CC3C#N)c2c1. The standard InChI is InChI=1S/C19H19FN4O2/c1-12-3-4-16-15(7-12)14(5-6-22-16)18(26)23-10-17(25)24-11-19(2,20)8-13(24)9-21/h3-7,13H,8,10-11H2,1-2H3,(H,23,26). The zero-order valence-corrected chi connectivity index (χ0v) is 14.6. The Hall–Kier alpha value is -3.01. The Balaban J connectivity index is 1.73. The van der Waals surface area contributed by atoms with Crippen molar-refractivity contribution in [1.82, 2.24) is 15.2 Å². The van der Waals surface area contributed by atoms with Crippen molar-refractivity contribution >= 4 is 22.7 Å². The number of carbonyl (C=O) groups is 2. The van der Waals surface area contributed by atoms with Crippen molar-refractivity contribution < 1.29 is 14.0 Å². The quantitative estimate of drug-likeness (QED) is 0.915. The molecule has 7 heteroatoms. The number of benzene rings is 1. The summed E-state index contributed by atoms with van der Waals surface area (Å²) < 4.78 is 14.1. The van der Waals surface area contributed by atoms with E-state index < -0.39 is 23.5 Å². The van der Waals surface area contributed by atoms with E-state index in [4.69, 9.17) is 5.26 Å². The number of likely N-dealkylation sites (tertiary alicyclic amines) is 1. The van der Waals surface area contributed by atoms with E-state index in [1.54, 1.807) is 6.07 Å². The smallest absolute Gasteiger partial charge is 0.252 e. The van der Waals surface area contributed by atoms with Gasteiger partial charge in [-0.1, -0.05) is 11.6 Å². The molecule has 1 aromatic heterocycles. The second kappa shape index (κ2) is 6.71. The van der Waals surface area contributed by atoms with E-state index >= 15 is 0 Å². The van der Waals surface area contributed by atoms with Crippen LogP contribution in [0.15, 0.2) is 30.5 Å².